The van der Waals surface area contributed by atoms with Gasteiger partial charge in [0.1, 0.15) is 11.2 Å². The van der Waals surface area contributed by atoms with Crippen LogP contribution in [0.5, 0.6) is 0 Å². The van der Waals surface area contributed by atoms with Gasteiger partial charge in [-0.3, -0.25) is 0 Å². The molecule has 0 aliphatic heterocycles. The van der Waals surface area contributed by atoms with Gasteiger partial charge in [0.25, 0.3) is 0 Å². The van der Waals surface area contributed by atoms with E-state index < -0.39 is 0 Å². The van der Waals surface area contributed by atoms with E-state index in [1.54, 1.807) is 0 Å². The van der Waals surface area contributed by atoms with Gasteiger partial charge in [-0.05, 0) is 63.7 Å². The van der Waals surface area contributed by atoms with Gasteiger partial charge in [0.2, 0.25) is 0 Å². The highest BCUT2D eigenvalue weighted by molar-refractivity contribution is 6.14. The van der Waals surface area contributed by atoms with Crippen molar-refractivity contribution in [2.45, 2.75) is 0 Å². The van der Waals surface area contributed by atoms with Gasteiger partial charge >= 0.3 is 0 Å². The molecular formula is C46H28N4O. The number of benzene rings is 7. The topological polar surface area (TPSA) is 75.6 Å². The summed E-state index contributed by atoms with van der Waals surface area (Å²) in [6.07, 6.45) is 0. The van der Waals surface area contributed by atoms with Gasteiger partial charge in [-0.1, -0.05) is 140 Å². The fourth-order valence-electron chi connectivity index (χ4n) is 6.71. The fourth-order valence-corrected chi connectivity index (χ4v) is 6.71. The molecule has 9 rings (SSSR count). The van der Waals surface area contributed by atoms with Gasteiger partial charge in [0, 0.05) is 27.5 Å². The lowest BCUT2D eigenvalue weighted by molar-refractivity contribution is 0.669. The highest BCUT2D eigenvalue weighted by atomic mass is 16.3. The minimum atomic E-state index is 0.557. The van der Waals surface area contributed by atoms with E-state index in [1.807, 2.05) is 97.1 Å². The van der Waals surface area contributed by atoms with E-state index in [0.717, 1.165) is 60.9 Å². The molecule has 0 spiro atoms. The Morgan fingerprint density at radius 3 is 1.67 bits per heavy atom. The fraction of sp³-hybridized carbons (Fsp3) is 0. The Balaban J connectivity index is 1.16. The second-order valence-corrected chi connectivity index (χ2v) is 12.3. The molecule has 5 nitrogen and oxygen atoms in total. The molecule has 0 fully saturated rings. The van der Waals surface area contributed by atoms with E-state index in [-0.39, 0.29) is 0 Å². The summed E-state index contributed by atoms with van der Waals surface area (Å²) in [6, 6.07) is 59.3. The van der Waals surface area contributed by atoms with Crippen LogP contribution in [0.2, 0.25) is 0 Å². The van der Waals surface area contributed by atoms with E-state index in [9.17, 15) is 5.26 Å². The smallest absolute Gasteiger partial charge is 0.164 e. The Kier molecular flexibility index (Phi) is 7.46. The number of aromatic nitrogens is 3. The molecule has 0 bridgehead atoms. The van der Waals surface area contributed by atoms with Crippen molar-refractivity contribution in [3.8, 4) is 73.6 Å². The van der Waals surface area contributed by atoms with Crippen molar-refractivity contribution in [1.82, 2.24) is 15.0 Å². The van der Waals surface area contributed by atoms with Crippen molar-refractivity contribution >= 4 is 21.9 Å². The third kappa shape index (κ3) is 5.61. The molecule has 2 aromatic heterocycles. The summed E-state index contributed by atoms with van der Waals surface area (Å²) < 4.78 is 6.53. The molecule has 0 aliphatic carbocycles. The first-order valence-corrected chi connectivity index (χ1v) is 16.7. The van der Waals surface area contributed by atoms with Gasteiger partial charge in [-0.2, -0.15) is 5.26 Å². The number of hydrogen-bond acceptors (Lipinski definition) is 5. The van der Waals surface area contributed by atoms with Gasteiger partial charge in [0.05, 0.1) is 11.6 Å². The number of rotatable bonds is 6. The Hall–Kier alpha value is -7.16. The summed E-state index contributed by atoms with van der Waals surface area (Å²) in [7, 11) is 0. The maximum Gasteiger partial charge on any atom is 0.164 e. The largest absolute Gasteiger partial charge is 0.456 e. The summed E-state index contributed by atoms with van der Waals surface area (Å²) in [5.74, 6) is 1.72. The first kappa shape index (κ1) is 29.9. The summed E-state index contributed by atoms with van der Waals surface area (Å²) in [4.78, 5) is 14.9. The standard InChI is InChI=1S/C46H28N4O/c47-29-30-11-9-16-35(27-30)31-21-23-34(24-22-31)45-48-44(33-14-5-2-6-15-33)49-46(50-45)36-25-26-40-42(28-36)51-41-20-10-19-39(43(40)41)38-18-8-7-17-37(38)32-12-3-1-4-13-32/h1-28H. The van der Waals surface area contributed by atoms with Crippen molar-refractivity contribution in [2.24, 2.45) is 0 Å². The molecule has 0 amide bonds. The zero-order valence-corrected chi connectivity index (χ0v) is 27.4. The van der Waals surface area contributed by atoms with E-state index in [2.05, 4.69) is 78.9 Å². The molecule has 0 saturated heterocycles. The number of fused-ring (bicyclic) bond motifs is 3. The highest BCUT2D eigenvalue weighted by Gasteiger charge is 2.18. The van der Waals surface area contributed by atoms with Crippen LogP contribution >= 0.6 is 0 Å². The first-order valence-electron chi connectivity index (χ1n) is 16.7. The van der Waals surface area contributed by atoms with Gasteiger partial charge in [-0.25, -0.2) is 15.0 Å². The quantitative estimate of drug-likeness (QED) is 0.179. The summed E-state index contributed by atoms with van der Waals surface area (Å²) in [5.41, 5.74) is 11.4. The summed E-state index contributed by atoms with van der Waals surface area (Å²) in [6.45, 7) is 0. The molecule has 0 aliphatic rings. The maximum atomic E-state index is 9.37. The molecule has 5 heteroatoms. The molecule has 0 N–H and O–H groups in total. The molecule has 2 heterocycles. The van der Waals surface area contributed by atoms with E-state index in [1.165, 1.54) is 11.1 Å². The van der Waals surface area contributed by atoms with Crippen molar-refractivity contribution in [3.05, 3.63) is 175 Å². The van der Waals surface area contributed by atoms with Crippen LogP contribution in [0, 0.1) is 11.3 Å². The van der Waals surface area contributed by atoms with Crippen LogP contribution in [0.1, 0.15) is 5.56 Å². The van der Waals surface area contributed by atoms with Crippen LogP contribution in [0.4, 0.5) is 0 Å². The Labute approximate surface area is 294 Å². The molecule has 0 unspecified atom stereocenters. The van der Waals surface area contributed by atoms with Crippen molar-refractivity contribution in [3.63, 3.8) is 0 Å². The van der Waals surface area contributed by atoms with Crippen LogP contribution in [-0.2, 0) is 0 Å². The Morgan fingerprint density at radius 2 is 0.941 bits per heavy atom. The molecule has 7 aromatic carbocycles. The van der Waals surface area contributed by atoms with Crippen LogP contribution < -0.4 is 0 Å². The maximum absolute atomic E-state index is 9.37. The van der Waals surface area contributed by atoms with Crippen molar-refractivity contribution in [1.29, 1.82) is 5.26 Å². The molecule has 9 aromatic rings. The van der Waals surface area contributed by atoms with E-state index in [4.69, 9.17) is 19.4 Å². The van der Waals surface area contributed by atoms with Crippen molar-refractivity contribution < 1.29 is 4.42 Å². The summed E-state index contributed by atoms with van der Waals surface area (Å²) >= 11 is 0. The number of nitrogens with zero attached hydrogens (tertiary/aromatic N) is 4. The summed E-state index contributed by atoms with van der Waals surface area (Å²) in [5, 5.41) is 11.5. The van der Waals surface area contributed by atoms with E-state index >= 15 is 0 Å². The van der Waals surface area contributed by atoms with Gasteiger partial charge < -0.3 is 4.42 Å². The monoisotopic (exact) mass is 652 g/mol. The van der Waals surface area contributed by atoms with Crippen LogP contribution in [-0.4, -0.2) is 15.0 Å². The zero-order chi connectivity index (χ0) is 34.1. The predicted molar refractivity (Wildman–Crippen MR) is 204 cm³/mol. The zero-order valence-electron chi connectivity index (χ0n) is 27.4. The molecule has 0 atom stereocenters. The first-order chi connectivity index (χ1) is 25.2. The highest BCUT2D eigenvalue weighted by Crippen LogP contribution is 2.41. The molecule has 51 heavy (non-hydrogen) atoms. The van der Waals surface area contributed by atoms with Crippen molar-refractivity contribution in [2.75, 3.05) is 0 Å². The number of nitriles is 1. The lowest BCUT2D eigenvalue weighted by Crippen LogP contribution is -2.00. The Bertz CT molecular complexity index is 2750. The average molecular weight is 653 g/mol. The minimum Gasteiger partial charge on any atom is -0.456 e. The van der Waals surface area contributed by atoms with Gasteiger partial charge in [0.15, 0.2) is 17.5 Å². The van der Waals surface area contributed by atoms with Crippen LogP contribution in [0.3, 0.4) is 0 Å². The second kappa shape index (κ2) is 12.7. The number of furan rings is 1. The molecule has 0 saturated carbocycles. The lowest BCUT2D eigenvalue weighted by atomic mass is 9.92. The third-order valence-corrected chi connectivity index (χ3v) is 9.19. The third-order valence-electron chi connectivity index (χ3n) is 9.19. The Morgan fingerprint density at radius 1 is 0.392 bits per heavy atom. The minimum absolute atomic E-state index is 0.557. The normalized spacial score (nSPS) is 11.1. The van der Waals surface area contributed by atoms with E-state index in [0.29, 0.717) is 23.0 Å². The SMILES string of the molecule is N#Cc1cccc(-c2ccc(-c3nc(-c4ccccc4)nc(-c4ccc5c(c4)oc4cccc(-c6ccccc6-c6ccccc6)c45)n3)cc2)c1. The van der Waals surface area contributed by atoms with Crippen LogP contribution in [0.15, 0.2) is 174 Å². The molecule has 238 valence electrons. The molecule has 0 radical (unpaired) electrons. The lowest BCUT2D eigenvalue weighted by Gasteiger charge is -2.11. The average Bonchev–Trinajstić information content (AvgIpc) is 3.60. The number of hydrogen-bond donors (Lipinski definition) is 0. The van der Waals surface area contributed by atoms with Gasteiger partial charge in [-0.15, -0.1) is 0 Å². The van der Waals surface area contributed by atoms with Crippen LogP contribution in [0.25, 0.3) is 89.5 Å². The predicted octanol–water partition coefficient (Wildman–Crippen LogP) is 11.6. The molecular weight excluding hydrogens is 625 g/mol. The second-order valence-electron chi connectivity index (χ2n) is 12.3.